The van der Waals surface area contributed by atoms with Gasteiger partial charge in [0.05, 0.1) is 5.92 Å². The third-order valence-electron chi connectivity index (χ3n) is 3.91. The highest BCUT2D eigenvalue weighted by atomic mass is 16.6. The molecule has 1 heterocycles. The minimum absolute atomic E-state index is 0.111. The van der Waals surface area contributed by atoms with E-state index in [1.807, 2.05) is 62.9 Å². The molecule has 1 unspecified atom stereocenters. The van der Waals surface area contributed by atoms with E-state index in [1.165, 1.54) is 0 Å². The molecule has 5 heteroatoms. The quantitative estimate of drug-likeness (QED) is 0.842. The van der Waals surface area contributed by atoms with Crippen LogP contribution in [0.25, 0.3) is 0 Å². The third-order valence-corrected chi connectivity index (χ3v) is 3.91. The highest BCUT2D eigenvalue weighted by Gasteiger charge is 2.29. The van der Waals surface area contributed by atoms with E-state index in [1.54, 1.807) is 4.90 Å². The van der Waals surface area contributed by atoms with Crippen LogP contribution in [0.1, 0.15) is 39.2 Å². The van der Waals surface area contributed by atoms with Gasteiger partial charge in [-0.1, -0.05) is 30.3 Å². The van der Waals surface area contributed by atoms with Gasteiger partial charge in [0.15, 0.2) is 0 Å². The van der Waals surface area contributed by atoms with Gasteiger partial charge in [0.2, 0.25) is 5.91 Å². The summed E-state index contributed by atoms with van der Waals surface area (Å²) in [5.74, 6) is -0.0516. The molecule has 23 heavy (non-hydrogen) atoms. The zero-order chi connectivity index (χ0) is 17.0. The van der Waals surface area contributed by atoms with Gasteiger partial charge in [-0.15, -0.1) is 0 Å². The second-order valence-electron chi connectivity index (χ2n) is 6.93. The lowest BCUT2D eigenvalue weighted by atomic mass is 9.99. The number of amides is 2. The van der Waals surface area contributed by atoms with E-state index in [0.29, 0.717) is 26.2 Å². The maximum atomic E-state index is 12.6. The summed E-state index contributed by atoms with van der Waals surface area (Å²) < 4.78 is 5.37. The summed E-state index contributed by atoms with van der Waals surface area (Å²) in [6.07, 6.45) is -0.305. The van der Waals surface area contributed by atoms with Gasteiger partial charge in [0.25, 0.3) is 0 Å². The predicted octanol–water partition coefficient (Wildman–Crippen LogP) is 2.87. The van der Waals surface area contributed by atoms with E-state index in [4.69, 9.17) is 4.74 Å². The van der Waals surface area contributed by atoms with Crippen LogP contribution >= 0.6 is 0 Å². The zero-order valence-electron chi connectivity index (χ0n) is 14.4. The number of carbonyl (C=O) groups is 2. The van der Waals surface area contributed by atoms with Crippen molar-refractivity contribution in [2.75, 3.05) is 26.2 Å². The van der Waals surface area contributed by atoms with Gasteiger partial charge < -0.3 is 14.5 Å². The summed E-state index contributed by atoms with van der Waals surface area (Å²) in [5, 5.41) is 0. The summed E-state index contributed by atoms with van der Waals surface area (Å²) in [4.78, 5) is 28.1. The minimum atomic E-state index is -0.494. The zero-order valence-corrected chi connectivity index (χ0v) is 14.4. The average Bonchev–Trinajstić information content (AvgIpc) is 2.53. The molecule has 1 atom stereocenters. The van der Waals surface area contributed by atoms with Crippen LogP contribution in [0, 0.1) is 0 Å². The normalized spacial score (nSPS) is 16.9. The molecular formula is C18H26N2O3. The van der Waals surface area contributed by atoms with Crippen LogP contribution in [-0.2, 0) is 9.53 Å². The van der Waals surface area contributed by atoms with Crippen molar-refractivity contribution >= 4 is 12.0 Å². The first-order valence-electron chi connectivity index (χ1n) is 8.09. The van der Waals surface area contributed by atoms with Gasteiger partial charge in [-0.2, -0.15) is 0 Å². The molecular weight excluding hydrogens is 292 g/mol. The lowest BCUT2D eigenvalue weighted by Gasteiger charge is -2.36. The third kappa shape index (κ3) is 4.71. The molecule has 0 aromatic heterocycles. The Hall–Kier alpha value is -2.04. The van der Waals surface area contributed by atoms with Gasteiger partial charge in [-0.25, -0.2) is 4.79 Å². The summed E-state index contributed by atoms with van der Waals surface area (Å²) in [5.41, 5.74) is 0.526. The number of rotatable bonds is 2. The van der Waals surface area contributed by atoms with Gasteiger partial charge in [0, 0.05) is 26.2 Å². The molecule has 2 amide bonds. The molecule has 1 aromatic rings. The van der Waals surface area contributed by atoms with E-state index in [9.17, 15) is 9.59 Å². The summed E-state index contributed by atoms with van der Waals surface area (Å²) in [7, 11) is 0. The van der Waals surface area contributed by atoms with Crippen molar-refractivity contribution < 1.29 is 14.3 Å². The first-order valence-corrected chi connectivity index (χ1v) is 8.09. The lowest BCUT2D eigenvalue weighted by Crippen LogP contribution is -2.52. The van der Waals surface area contributed by atoms with Crippen molar-refractivity contribution in [1.29, 1.82) is 0 Å². The maximum Gasteiger partial charge on any atom is 0.410 e. The Morgan fingerprint density at radius 1 is 1.00 bits per heavy atom. The molecule has 5 nitrogen and oxygen atoms in total. The van der Waals surface area contributed by atoms with Crippen molar-refractivity contribution in [3.05, 3.63) is 35.9 Å². The number of piperazine rings is 1. The van der Waals surface area contributed by atoms with Gasteiger partial charge in [-0.05, 0) is 33.3 Å². The summed E-state index contributed by atoms with van der Waals surface area (Å²) in [6, 6.07) is 9.78. The lowest BCUT2D eigenvalue weighted by molar-refractivity contribution is -0.134. The van der Waals surface area contributed by atoms with Crippen LogP contribution in [-0.4, -0.2) is 53.6 Å². The monoisotopic (exact) mass is 318 g/mol. The SMILES string of the molecule is CC(C(=O)N1CCN(C(=O)OC(C)(C)C)CC1)c1ccccc1. The Bertz CT molecular complexity index is 543. The highest BCUT2D eigenvalue weighted by Crippen LogP contribution is 2.19. The van der Waals surface area contributed by atoms with Crippen LogP contribution in [0.3, 0.4) is 0 Å². The average molecular weight is 318 g/mol. The molecule has 1 aliphatic rings. The molecule has 0 saturated carbocycles. The molecule has 1 fully saturated rings. The molecule has 1 aromatic carbocycles. The van der Waals surface area contributed by atoms with Crippen molar-refractivity contribution in [1.82, 2.24) is 9.80 Å². The second-order valence-corrected chi connectivity index (χ2v) is 6.93. The van der Waals surface area contributed by atoms with Crippen molar-refractivity contribution in [3.63, 3.8) is 0 Å². The van der Waals surface area contributed by atoms with Gasteiger partial charge in [0.1, 0.15) is 5.60 Å². The molecule has 0 N–H and O–H groups in total. The summed E-state index contributed by atoms with van der Waals surface area (Å²) >= 11 is 0. The van der Waals surface area contributed by atoms with Crippen LogP contribution in [0.15, 0.2) is 30.3 Å². The van der Waals surface area contributed by atoms with Crippen LogP contribution in [0.4, 0.5) is 4.79 Å². The fraction of sp³-hybridized carbons (Fsp3) is 0.556. The predicted molar refractivity (Wildman–Crippen MR) is 89.2 cm³/mol. The smallest absolute Gasteiger partial charge is 0.410 e. The Morgan fingerprint density at radius 2 is 1.52 bits per heavy atom. The maximum absolute atomic E-state index is 12.6. The standard InChI is InChI=1S/C18H26N2O3/c1-14(15-8-6-5-7-9-15)16(21)19-10-12-20(13-11-19)17(22)23-18(2,3)4/h5-9,14H,10-13H2,1-4H3. The number of carbonyl (C=O) groups excluding carboxylic acids is 2. The first-order chi connectivity index (χ1) is 10.8. The highest BCUT2D eigenvalue weighted by molar-refractivity contribution is 5.83. The van der Waals surface area contributed by atoms with Crippen molar-refractivity contribution in [2.45, 2.75) is 39.2 Å². The van der Waals surface area contributed by atoms with Crippen molar-refractivity contribution in [2.24, 2.45) is 0 Å². The molecule has 0 spiro atoms. The Balaban J connectivity index is 1.89. The number of hydrogen-bond acceptors (Lipinski definition) is 3. The fourth-order valence-corrected chi connectivity index (χ4v) is 2.59. The van der Waals surface area contributed by atoms with E-state index in [0.717, 1.165) is 5.56 Å². The largest absolute Gasteiger partial charge is 0.444 e. The van der Waals surface area contributed by atoms with Gasteiger partial charge in [-0.3, -0.25) is 4.79 Å². The van der Waals surface area contributed by atoms with E-state index < -0.39 is 5.60 Å². The molecule has 2 rings (SSSR count). The van der Waals surface area contributed by atoms with Crippen LogP contribution in [0.2, 0.25) is 0 Å². The molecule has 1 saturated heterocycles. The van der Waals surface area contributed by atoms with E-state index in [2.05, 4.69) is 0 Å². The van der Waals surface area contributed by atoms with Crippen molar-refractivity contribution in [3.8, 4) is 0 Å². The van der Waals surface area contributed by atoms with Crippen LogP contribution < -0.4 is 0 Å². The molecule has 0 aliphatic carbocycles. The Labute approximate surface area is 138 Å². The number of hydrogen-bond donors (Lipinski definition) is 0. The number of ether oxygens (including phenoxy) is 1. The fourth-order valence-electron chi connectivity index (χ4n) is 2.59. The van der Waals surface area contributed by atoms with E-state index in [-0.39, 0.29) is 17.9 Å². The second kappa shape index (κ2) is 7.02. The molecule has 0 radical (unpaired) electrons. The number of benzene rings is 1. The minimum Gasteiger partial charge on any atom is -0.444 e. The summed E-state index contributed by atoms with van der Waals surface area (Å²) in [6.45, 7) is 9.62. The molecule has 126 valence electrons. The Morgan fingerprint density at radius 3 is 2.04 bits per heavy atom. The van der Waals surface area contributed by atoms with Crippen LogP contribution in [0.5, 0.6) is 0 Å². The molecule has 1 aliphatic heterocycles. The Kier molecular flexibility index (Phi) is 5.29. The first kappa shape index (κ1) is 17.3. The van der Waals surface area contributed by atoms with Gasteiger partial charge >= 0.3 is 6.09 Å². The van der Waals surface area contributed by atoms with E-state index >= 15 is 0 Å². The number of nitrogens with zero attached hydrogens (tertiary/aromatic N) is 2. The molecule has 0 bridgehead atoms. The topological polar surface area (TPSA) is 49.9 Å².